The third-order valence-electron chi connectivity index (χ3n) is 7.35. The highest BCUT2D eigenvalue weighted by Crippen LogP contribution is 2.41. The Morgan fingerprint density at radius 2 is 1.50 bits per heavy atom. The van der Waals surface area contributed by atoms with Crippen molar-refractivity contribution in [2.75, 3.05) is 0 Å². The number of rotatable bonds is 8. The minimum Gasteiger partial charge on any atom is -0.464 e. The number of aliphatic hydroxyl groups is 1. The lowest BCUT2D eigenvalue weighted by Gasteiger charge is -2.34. The van der Waals surface area contributed by atoms with Gasteiger partial charge in [-0.15, -0.1) is 0 Å². The summed E-state index contributed by atoms with van der Waals surface area (Å²) in [6.07, 6.45) is 5.24. The number of aryl methyl sites for hydroxylation is 3. The number of hydrogen-bond donors (Lipinski definition) is 1. The Morgan fingerprint density at radius 1 is 0.875 bits per heavy atom. The Hall–Kier alpha value is -2.32. The fourth-order valence-electron chi connectivity index (χ4n) is 4.90. The fourth-order valence-corrected chi connectivity index (χ4v) is 4.90. The van der Waals surface area contributed by atoms with Gasteiger partial charge in [-0.2, -0.15) is 0 Å². The molecule has 2 nitrogen and oxygen atoms in total. The van der Waals surface area contributed by atoms with Crippen molar-refractivity contribution in [3.8, 4) is 11.3 Å². The van der Waals surface area contributed by atoms with Crippen LogP contribution < -0.4 is 0 Å². The minimum absolute atomic E-state index is 0.0132. The smallest absolute Gasteiger partial charge is 0.134 e. The summed E-state index contributed by atoms with van der Waals surface area (Å²) in [4.78, 5) is 0. The number of furan rings is 1. The molecule has 2 heteroatoms. The topological polar surface area (TPSA) is 33.4 Å². The number of hydrogen-bond acceptors (Lipinski definition) is 2. The first-order valence-corrected chi connectivity index (χ1v) is 12.1. The lowest BCUT2D eigenvalue weighted by molar-refractivity contribution is 0.0560. The van der Waals surface area contributed by atoms with Gasteiger partial charge in [0.15, 0.2) is 0 Å². The van der Waals surface area contributed by atoms with E-state index in [1.54, 1.807) is 6.26 Å². The molecular weight excluding hydrogens is 392 g/mol. The van der Waals surface area contributed by atoms with Gasteiger partial charge in [0.05, 0.1) is 12.4 Å². The second-order valence-electron chi connectivity index (χ2n) is 10.4. The lowest BCUT2D eigenvalue weighted by Crippen LogP contribution is -2.27. The summed E-state index contributed by atoms with van der Waals surface area (Å²) < 4.78 is 5.63. The van der Waals surface area contributed by atoms with Crippen LogP contribution in [0.1, 0.15) is 81.7 Å². The zero-order chi connectivity index (χ0) is 23.5. The molecule has 0 aliphatic carbocycles. The monoisotopic (exact) mass is 432 g/mol. The van der Waals surface area contributed by atoms with E-state index < -0.39 is 0 Å². The molecule has 0 saturated heterocycles. The molecule has 2 aromatic carbocycles. The molecule has 0 radical (unpaired) electrons. The highest BCUT2D eigenvalue weighted by molar-refractivity contribution is 5.63. The van der Waals surface area contributed by atoms with E-state index in [2.05, 4.69) is 84.9 Å². The normalized spacial score (nSPS) is 13.4. The van der Waals surface area contributed by atoms with Gasteiger partial charge < -0.3 is 9.52 Å². The van der Waals surface area contributed by atoms with E-state index in [1.165, 1.54) is 27.8 Å². The third kappa shape index (κ3) is 4.86. The van der Waals surface area contributed by atoms with Crippen molar-refractivity contribution in [3.63, 3.8) is 0 Å². The maximum Gasteiger partial charge on any atom is 0.134 e. The van der Waals surface area contributed by atoms with Gasteiger partial charge in [-0.05, 0) is 84.9 Å². The highest BCUT2D eigenvalue weighted by atomic mass is 16.3. The molecule has 172 valence electrons. The molecule has 0 saturated carbocycles. The standard InChI is InChI=1S/C30H40O2/c1-8-30(9-2,25-15-16-26(22(4)20-25)27-11-10-18-32-27)24-14-12-23(21(3)19-24)13-17-28(31)29(5,6)7/h10-12,14-16,18-20,28,31H,8-9,13,17H2,1-7H3. The molecule has 0 aliphatic rings. The second-order valence-corrected chi connectivity index (χ2v) is 10.4. The van der Waals surface area contributed by atoms with Gasteiger partial charge in [0.25, 0.3) is 0 Å². The van der Waals surface area contributed by atoms with Crippen LogP contribution in [0.15, 0.2) is 59.2 Å². The van der Waals surface area contributed by atoms with Crippen LogP contribution in [0.3, 0.4) is 0 Å². The molecule has 0 bridgehead atoms. The van der Waals surface area contributed by atoms with Gasteiger partial charge in [-0.3, -0.25) is 0 Å². The van der Waals surface area contributed by atoms with Gasteiger partial charge in [0.2, 0.25) is 0 Å². The van der Waals surface area contributed by atoms with Crippen LogP contribution >= 0.6 is 0 Å². The quantitative estimate of drug-likeness (QED) is 0.391. The molecule has 3 aromatic rings. The van der Waals surface area contributed by atoms with E-state index in [4.69, 9.17) is 4.42 Å². The number of benzene rings is 2. The van der Waals surface area contributed by atoms with Crippen LogP contribution in [0.4, 0.5) is 0 Å². The maximum atomic E-state index is 10.5. The van der Waals surface area contributed by atoms with E-state index in [0.717, 1.165) is 37.0 Å². The fraction of sp³-hybridized carbons (Fsp3) is 0.467. The Morgan fingerprint density at radius 3 is 2.00 bits per heavy atom. The Kier molecular flexibility index (Phi) is 7.35. The summed E-state index contributed by atoms with van der Waals surface area (Å²) in [6.45, 7) is 15.3. The van der Waals surface area contributed by atoms with Crippen molar-refractivity contribution in [2.24, 2.45) is 5.41 Å². The third-order valence-corrected chi connectivity index (χ3v) is 7.35. The maximum absolute atomic E-state index is 10.5. The second kappa shape index (κ2) is 9.67. The summed E-state index contributed by atoms with van der Waals surface area (Å²) in [6, 6.07) is 17.8. The average Bonchev–Trinajstić information content (AvgIpc) is 3.28. The first-order chi connectivity index (χ1) is 15.1. The summed E-state index contributed by atoms with van der Waals surface area (Å²) in [5.74, 6) is 0.922. The number of aliphatic hydroxyl groups excluding tert-OH is 1. The molecule has 1 N–H and O–H groups in total. The SMILES string of the molecule is CCC(CC)(c1ccc(CCC(O)C(C)(C)C)c(C)c1)c1ccc(-c2ccco2)c(C)c1. The largest absolute Gasteiger partial charge is 0.464 e. The van der Waals surface area contributed by atoms with Gasteiger partial charge in [-0.25, -0.2) is 0 Å². The first kappa shape index (κ1) is 24.3. The van der Waals surface area contributed by atoms with Crippen LogP contribution in [0.2, 0.25) is 0 Å². The van der Waals surface area contributed by atoms with Crippen LogP contribution in [-0.4, -0.2) is 11.2 Å². The van der Waals surface area contributed by atoms with Crippen molar-refractivity contribution in [2.45, 2.75) is 85.7 Å². The van der Waals surface area contributed by atoms with Crippen LogP contribution in [0.25, 0.3) is 11.3 Å². The molecule has 3 rings (SSSR count). The van der Waals surface area contributed by atoms with Gasteiger partial charge >= 0.3 is 0 Å². The molecule has 0 fully saturated rings. The zero-order valence-electron chi connectivity index (χ0n) is 21.0. The Bertz CT molecular complexity index is 1020. The summed E-state index contributed by atoms with van der Waals surface area (Å²) >= 11 is 0. The Labute approximate surface area is 194 Å². The minimum atomic E-state index is -0.289. The molecule has 32 heavy (non-hydrogen) atoms. The van der Waals surface area contributed by atoms with Crippen LogP contribution in [-0.2, 0) is 11.8 Å². The van der Waals surface area contributed by atoms with Crippen molar-refractivity contribution in [1.82, 2.24) is 0 Å². The molecule has 0 spiro atoms. The highest BCUT2D eigenvalue weighted by Gasteiger charge is 2.31. The summed E-state index contributed by atoms with van der Waals surface area (Å²) in [7, 11) is 0. The summed E-state index contributed by atoms with van der Waals surface area (Å²) in [5, 5.41) is 10.5. The van der Waals surface area contributed by atoms with E-state index in [0.29, 0.717) is 0 Å². The van der Waals surface area contributed by atoms with E-state index >= 15 is 0 Å². The Balaban J connectivity index is 1.92. The molecule has 0 amide bonds. The molecule has 1 aromatic heterocycles. The van der Waals surface area contributed by atoms with Gasteiger partial charge in [0.1, 0.15) is 5.76 Å². The van der Waals surface area contributed by atoms with Crippen LogP contribution in [0.5, 0.6) is 0 Å². The predicted molar refractivity (Wildman–Crippen MR) is 135 cm³/mol. The van der Waals surface area contributed by atoms with E-state index in [-0.39, 0.29) is 16.9 Å². The molecule has 1 unspecified atom stereocenters. The van der Waals surface area contributed by atoms with Gasteiger partial charge in [0, 0.05) is 11.0 Å². The van der Waals surface area contributed by atoms with Crippen molar-refractivity contribution < 1.29 is 9.52 Å². The molecule has 1 heterocycles. The zero-order valence-corrected chi connectivity index (χ0v) is 21.0. The average molecular weight is 433 g/mol. The van der Waals surface area contributed by atoms with Crippen molar-refractivity contribution >= 4 is 0 Å². The summed E-state index contributed by atoms with van der Waals surface area (Å²) in [5.41, 5.74) is 7.71. The van der Waals surface area contributed by atoms with Crippen molar-refractivity contribution in [1.29, 1.82) is 0 Å². The van der Waals surface area contributed by atoms with E-state index in [1.807, 2.05) is 12.1 Å². The molecule has 0 aliphatic heterocycles. The first-order valence-electron chi connectivity index (χ1n) is 12.1. The predicted octanol–water partition coefficient (Wildman–Crippen LogP) is 8.01. The van der Waals surface area contributed by atoms with Crippen molar-refractivity contribution in [3.05, 3.63) is 82.6 Å². The van der Waals surface area contributed by atoms with E-state index in [9.17, 15) is 5.11 Å². The molecular formula is C30H40O2. The van der Waals surface area contributed by atoms with Crippen LogP contribution in [0, 0.1) is 19.3 Å². The lowest BCUT2D eigenvalue weighted by atomic mass is 9.69. The molecule has 1 atom stereocenters. The van der Waals surface area contributed by atoms with Gasteiger partial charge in [-0.1, -0.05) is 71.0 Å².